The van der Waals surface area contributed by atoms with Crippen molar-refractivity contribution < 1.29 is 9.90 Å². The molecule has 1 aliphatic rings. The molecule has 3 rings (SSSR count). The predicted octanol–water partition coefficient (Wildman–Crippen LogP) is 2.12. The number of nitrogens with zero attached hydrogens (tertiary/aromatic N) is 1. The summed E-state index contributed by atoms with van der Waals surface area (Å²) in [6.45, 7) is 0.899. The molecule has 1 saturated carbocycles. The predicted molar refractivity (Wildman–Crippen MR) is 74.2 cm³/mol. The quantitative estimate of drug-likeness (QED) is 0.863. The number of hydrogen-bond acceptors (Lipinski definition) is 2. The van der Waals surface area contributed by atoms with Gasteiger partial charge in [-0.05, 0) is 31.5 Å². The number of carbonyl (C=O) groups is 1. The summed E-state index contributed by atoms with van der Waals surface area (Å²) in [4.78, 5) is 16.3. The van der Waals surface area contributed by atoms with Crippen LogP contribution in [0.25, 0.3) is 10.9 Å². The minimum atomic E-state index is -0.663. The van der Waals surface area contributed by atoms with Crippen LogP contribution in [0.5, 0.6) is 0 Å². The third-order valence-corrected chi connectivity index (χ3v) is 4.05. The Bertz CT molecular complexity index is 605. The number of aromatic nitrogens is 1. The summed E-state index contributed by atoms with van der Waals surface area (Å²) < 4.78 is 0. The van der Waals surface area contributed by atoms with E-state index in [1.54, 1.807) is 0 Å². The van der Waals surface area contributed by atoms with Crippen LogP contribution in [0.3, 0.4) is 0 Å². The minimum Gasteiger partial charge on any atom is -0.481 e. The number of carboxylic acid groups (broad SMARTS) is 1. The number of carboxylic acids is 1. The van der Waals surface area contributed by atoms with Gasteiger partial charge in [-0.2, -0.15) is 0 Å². The summed E-state index contributed by atoms with van der Waals surface area (Å²) in [6.07, 6.45) is 3.79. The molecule has 4 heteroatoms. The van der Waals surface area contributed by atoms with Gasteiger partial charge < -0.3 is 15.0 Å². The molecule has 0 aliphatic heterocycles. The van der Waals surface area contributed by atoms with Crippen molar-refractivity contribution in [2.75, 3.05) is 13.6 Å². The number of hydrogen-bond donors (Lipinski definition) is 2. The number of aromatic amines is 1. The lowest BCUT2D eigenvalue weighted by molar-refractivity contribution is -0.138. The van der Waals surface area contributed by atoms with Gasteiger partial charge in [-0.3, -0.25) is 4.79 Å². The van der Waals surface area contributed by atoms with Crippen LogP contribution >= 0.6 is 0 Å². The Kier molecular flexibility index (Phi) is 3.03. The maximum absolute atomic E-state index is 10.9. The molecule has 2 N–H and O–H groups in total. The van der Waals surface area contributed by atoms with Crippen molar-refractivity contribution in [2.45, 2.75) is 18.9 Å². The molecule has 0 saturated heterocycles. The summed E-state index contributed by atoms with van der Waals surface area (Å²) in [5.41, 5.74) is 2.46. The van der Waals surface area contributed by atoms with Crippen molar-refractivity contribution in [2.24, 2.45) is 5.92 Å². The Morgan fingerprint density at radius 3 is 3.00 bits per heavy atom. The van der Waals surface area contributed by atoms with E-state index in [4.69, 9.17) is 5.11 Å². The van der Waals surface area contributed by atoms with Gasteiger partial charge in [0.05, 0.1) is 5.92 Å². The second kappa shape index (κ2) is 4.70. The largest absolute Gasteiger partial charge is 0.481 e. The lowest BCUT2D eigenvalue weighted by Crippen LogP contribution is -2.26. The highest BCUT2D eigenvalue weighted by atomic mass is 16.4. The van der Waals surface area contributed by atoms with Crippen molar-refractivity contribution in [3.05, 3.63) is 36.0 Å². The van der Waals surface area contributed by atoms with E-state index in [0.717, 1.165) is 24.9 Å². The van der Waals surface area contributed by atoms with Gasteiger partial charge in [-0.25, -0.2) is 0 Å². The van der Waals surface area contributed by atoms with Gasteiger partial charge in [0.25, 0.3) is 0 Å². The third kappa shape index (κ3) is 2.36. The van der Waals surface area contributed by atoms with Crippen molar-refractivity contribution in [3.63, 3.8) is 0 Å². The fourth-order valence-corrected chi connectivity index (χ4v) is 2.74. The first-order valence-corrected chi connectivity index (χ1v) is 6.65. The van der Waals surface area contributed by atoms with E-state index in [0.29, 0.717) is 0 Å². The molecule has 0 bridgehead atoms. The highest BCUT2D eigenvalue weighted by Gasteiger charge is 2.45. The number of fused-ring (bicyclic) bond motifs is 1. The number of nitrogens with one attached hydrogen (secondary N) is 1. The topological polar surface area (TPSA) is 56.3 Å². The Labute approximate surface area is 112 Å². The normalized spacial score (nSPS) is 22.0. The molecule has 2 atom stereocenters. The number of H-pyrrole nitrogens is 1. The number of likely N-dealkylation sites (N-methyl/N-ethyl adjacent to an activating group) is 1. The maximum atomic E-state index is 10.9. The molecule has 1 aromatic carbocycles. The molecule has 19 heavy (non-hydrogen) atoms. The van der Waals surface area contributed by atoms with Crippen molar-refractivity contribution in [3.8, 4) is 0 Å². The molecule has 0 radical (unpaired) electrons. The highest BCUT2D eigenvalue weighted by molar-refractivity contribution is 5.83. The zero-order valence-corrected chi connectivity index (χ0v) is 11.0. The molecule has 0 spiro atoms. The van der Waals surface area contributed by atoms with Gasteiger partial charge in [0.2, 0.25) is 0 Å². The number of benzene rings is 1. The Morgan fingerprint density at radius 1 is 1.47 bits per heavy atom. The van der Waals surface area contributed by atoms with Crippen LogP contribution < -0.4 is 0 Å². The van der Waals surface area contributed by atoms with E-state index < -0.39 is 5.97 Å². The molecular weight excluding hydrogens is 240 g/mol. The molecular formula is C15H18N2O2. The van der Waals surface area contributed by atoms with E-state index in [1.807, 2.05) is 19.2 Å². The Hall–Kier alpha value is -1.81. The second-order valence-corrected chi connectivity index (χ2v) is 5.34. The van der Waals surface area contributed by atoms with Gasteiger partial charge in [0, 0.05) is 29.7 Å². The van der Waals surface area contributed by atoms with Gasteiger partial charge in [-0.15, -0.1) is 0 Å². The Balaban J connectivity index is 1.62. The summed E-state index contributed by atoms with van der Waals surface area (Å²) in [5, 5.41) is 10.2. The molecule has 1 aromatic heterocycles. The van der Waals surface area contributed by atoms with Gasteiger partial charge in [0.15, 0.2) is 0 Å². The fraction of sp³-hybridized carbons (Fsp3) is 0.400. The fourth-order valence-electron chi connectivity index (χ4n) is 2.74. The van der Waals surface area contributed by atoms with Crippen LogP contribution in [-0.2, 0) is 11.2 Å². The Morgan fingerprint density at radius 2 is 2.26 bits per heavy atom. The number of aliphatic carboxylic acids is 1. The van der Waals surface area contributed by atoms with Crippen LogP contribution in [0.4, 0.5) is 0 Å². The van der Waals surface area contributed by atoms with Crippen molar-refractivity contribution in [1.29, 1.82) is 0 Å². The van der Waals surface area contributed by atoms with E-state index >= 15 is 0 Å². The van der Waals surface area contributed by atoms with Crippen LogP contribution in [-0.4, -0.2) is 40.6 Å². The molecule has 2 unspecified atom stereocenters. The third-order valence-electron chi connectivity index (χ3n) is 4.05. The molecule has 1 fully saturated rings. The molecule has 100 valence electrons. The average molecular weight is 258 g/mol. The standard InChI is InChI=1S/C15H18N2O2/c1-17(14-8-12(14)15(18)19)7-6-10-9-16-13-5-3-2-4-11(10)13/h2-5,9,12,14,16H,6-8H2,1H3,(H,18,19). The van der Waals surface area contributed by atoms with E-state index in [1.165, 1.54) is 10.9 Å². The van der Waals surface area contributed by atoms with Crippen LogP contribution in [0.1, 0.15) is 12.0 Å². The molecule has 0 amide bonds. The summed E-state index contributed by atoms with van der Waals surface area (Å²) in [5.74, 6) is -0.822. The first kappa shape index (κ1) is 12.2. The summed E-state index contributed by atoms with van der Waals surface area (Å²) >= 11 is 0. The van der Waals surface area contributed by atoms with Crippen LogP contribution in [0.2, 0.25) is 0 Å². The van der Waals surface area contributed by atoms with Gasteiger partial charge >= 0.3 is 5.97 Å². The zero-order chi connectivity index (χ0) is 13.4. The molecule has 2 aromatic rings. The number of rotatable bonds is 5. The van der Waals surface area contributed by atoms with E-state index in [2.05, 4.69) is 28.2 Å². The van der Waals surface area contributed by atoms with Crippen molar-refractivity contribution >= 4 is 16.9 Å². The minimum absolute atomic E-state index is 0.159. The van der Waals surface area contributed by atoms with E-state index in [-0.39, 0.29) is 12.0 Å². The zero-order valence-electron chi connectivity index (χ0n) is 11.0. The van der Waals surface area contributed by atoms with Gasteiger partial charge in [0.1, 0.15) is 0 Å². The second-order valence-electron chi connectivity index (χ2n) is 5.34. The summed E-state index contributed by atoms with van der Waals surface area (Å²) in [6, 6.07) is 8.49. The monoisotopic (exact) mass is 258 g/mol. The van der Waals surface area contributed by atoms with Crippen LogP contribution in [0, 0.1) is 5.92 Å². The molecule has 1 aliphatic carbocycles. The lowest BCUT2D eigenvalue weighted by atomic mass is 10.1. The summed E-state index contributed by atoms with van der Waals surface area (Å²) in [7, 11) is 2.02. The SMILES string of the molecule is CN(CCc1c[nH]c2ccccc12)C1CC1C(=O)O. The lowest BCUT2D eigenvalue weighted by Gasteiger charge is -2.15. The van der Waals surface area contributed by atoms with Crippen LogP contribution in [0.15, 0.2) is 30.5 Å². The maximum Gasteiger partial charge on any atom is 0.308 e. The smallest absolute Gasteiger partial charge is 0.308 e. The van der Waals surface area contributed by atoms with Gasteiger partial charge in [-0.1, -0.05) is 18.2 Å². The first-order chi connectivity index (χ1) is 9.16. The number of para-hydroxylation sites is 1. The first-order valence-electron chi connectivity index (χ1n) is 6.65. The molecule has 1 heterocycles. The average Bonchev–Trinajstić information content (AvgIpc) is 3.11. The van der Waals surface area contributed by atoms with E-state index in [9.17, 15) is 4.79 Å². The van der Waals surface area contributed by atoms with Crippen molar-refractivity contribution in [1.82, 2.24) is 9.88 Å². The molecule has 4 nitrogen and oxygen atoms in total. The highest BCUT2D eigenvalue weighted by Crippen LogP contribution is 2.35.